The summed E-state index contributed by atoms with van der Waals surface area (Å²) in [6.45, 7) is 3.54. The first-order valence-corrected chi connectivity index (χ1v) is 4.43. The average molecular weight is 213 g/mol. The lowest BCUT2D eigenvalue weighted by atomic mass is 10.2. The molecule has 1 aromatic carbocycles. The molecule has 0 aliphatic heterocycles. The van der Waals surface area contributed by atoms with E-state index in [1.165, 1.54) is 12.1 Å². The molecule has 3 nitrogen and oxygen atoms in total. The highest BCUT2D eigenvalue weighted by molar-refractivity contribution is 6.26. The molecule has 0 unspecified atom stereocenters. The highest BCUT2D eigenvalue weighted by Crippen LogP contribution is 2.27. The van der Waals surface area contributed by atoms with Crippen LogP contribution in [0.1, 0.15) is 5.56 Å². The van der Waals surface area contributed by atoms with Gasteiger partial charge in [-0.2, -0.15) is 0 Å². The maximum Gasteiger partial charge on any atom is 0.326 e. The molecule has 0 spiro atoms. The van der Waals surface area contributed by atoms with Crippen LogP contribution in [0, 0.1) is 0 Å². The number of esters is 1. The first kappa shape index (κ1) is 10.6. The lowest BCUT2D eigenvalue weighted by molar-refractivity contribution is -0.131. The molecule has 0 bridgehead atoms. The van der Waals surface area contributed by atoms with E-state index in [1.54, 1.807) is 12.1 Å². The molecule has 1 aromatic rings. The van der Waals surface area contributed by atoms with Crippen molar-refractivity contribution in [3.05, 3.63) is 30.3 Å². The summed E-state index contributed by atoms with van der Waals surface area (Å²) in [6.07, 6.45) is 1.58. The number of ether oxygens (including phenoxy) is 1. The number of aromatic hydroxyl groups is 1. The quantitative estimate of drug-likeness (QED) is 0.475. The van der Waals surface area contributed by atoms with Crippen LogP contribution in [0.25, 0.3) is 6.08 Å². The van der Waals surface area contributed by atoms with Crippen LogP contribution in [-0.2, 0) is 4.79 Å². The van der Waals surface area contributed by atoms with E-state index in [-0.39, 0.29) is 17.4 Å². The zero-order valence-corrected chi connectivity index (χ0v) is 8.12. The minimum atomic E-state index is -0.603. The van der Waals surface area contributed by atoms with E-state index >= 15 is 0 Å². The molecule has 0 aromatic heterocycles. The van der Waals surface area contributed by atoms with Crippen LogP contribution in [0.3, 0.4) is 0 Å². The Kier molecular flexibility index (Phi) is 3.54. The van der Waals surface area contributed by atoms with Gasteiger partial charge in [-0.25, -0.2) is 0 Å². The number of carbonyl (C=O) groups excluding carboxylic acids is 1. The minimum Gasteiger partial charge on any atom is -0.504 e. The first-order chi connectivity index (χ1) is 6.67. The largest absolute Gasteiger partial charge is 0.504 e. The first-order valence-electron chi connectivity index (χ1n) is 3.89. The molecular weight excluding hydrogens is 204 g/mol. The SMILES string of the molecule is C=Cc1ccc(OC(=O)CCl)c(O)c1. The topological polar surface area (TPSA) is 46.5 Å². The molecule has 0 atom stereocenters. The van der Waals surface area contributed by atoms with Crippen LogP contribution in [0.5, 0.6) is 11.5 Å². The number of phenols is 1. The van der Waals surface area contributed by atoms with Crippen molar-refractivity contribution in [3.63, 3.8) is 0 Å². The Balaban J connectivity index is 2.89. The van der Waals surface area contributed by atoms with E-state index in [2.05, 4.69) is 6.58 Å². The van der Waals surface area contributed by atoms with Crippen LogP contribution in [-0.4, -0.2) is 17.0 Å². The van der Waals surface area contributed by atoms with Gasteiger partial charge in [-0.05, 0) is 17.7 Å². The number of rotatable bonds is 3. The summed E-state index contributed by atoms with van der Waals surface area (Å²) >= 11 is 5.24. The number of hydrogen-bond donors (Lipinski definition) is 1. The van der Waals surface area contributed by atoms with Gasteiger partial charge in [0.25, 0.3) is 0 Å². The van der Waals surface area contributed by atoms with Gasteiger partial charge in [-0.3, -0.25) is 4.79 Å². The Bertz CT molecular complexity index is 360. The summed E-state index contributed by atoms with van der Waals surface area (Å²) in [5.74, 6) is -0.863. The highest BCUT2D eigenvalue weighted by Gasteiger charge is 2.07. The van der Waals surface area contributed by atoms with E-state index in [1.807, 2.05) is 0 Å². The molecule has 4 heteroatoms. The zero-order chi connectivity index (χ0) is 10.6. The zero-order valence-electron chi connectivity index (χ0n) is 7.37. The Morgan fingerprint density at radius 3 is 2.86 bits per heavy atom. The smallest absolute Gasteiger partial charge is 0.326 e. The van der Waals surface area contributed by atoms with Gasteiger partial charge >= 0.3 is 5.97 Å². The molecule has 74 valence electrons. The van der Waals surface area contributed by atoms with Gasteiger partial charge in [0.05, 0.1) is 0 Å². The lowest BCUT2D eigenvalue weighted by Gasteiger charge is -2.04. The van der Waals surface area contributed by atoms with Crippen molar-refractivity contribution in [2.45, 2.75) is 0 Å². The minimum absolute atomic E-state index is 0.0984. The van der Waals surface area contributed by atoms with Gasteiger partial charge in [0.15, 0.2) is 11.5 Å². The van der Waals surface area contributed by atoms with Crippen molar-refractivity contribution < 1.29 is 14.6 Å². The van der Waals surface area contributed by atoms with Crippen LogP contribution in [0.4, 0.5) is 0 Å². The molecule has 0 aliphatic carbocycles. The number of halogens is 1. The Morgan fingerprint density at radius 1 is 1.64 bits per heavy atom. The molecule has 14 heavy (non-hydrogen) atoms. The summed E-state index contributed by atoms with van der Waals surface area (Å²) in [5.41, 5.74) is 0.744. The third kappa shape index (κ3) is 2.50. The molecule has 0 saturated heterocycles. The van der Waals surface area contributed by atoms with Gasteiger partial charge in [0.1, 0.15) is 5.88 Å². The Morgan fingerprint density at radius 2 is 2.36 bits per heavy atom. The molecule has 0 fully saturated rings. The lowest BCUT2D eigenvalue weighted by Crippen LogP contribution is -2.08. The van der Waals surface area contributed by atoms with E-state index in [0.29, 0.717) is 0 Å². The van der Waals surface area contributed by atoms with Crippen LogP contribution in [0.2, 0.25) is 0 Å². The number of hydrogen-bond acceptors (Lipinski definition) is 3. The number of carbonyl (C=O) groups is 1. The van der Waals surface area contributed by atoms with E-state index in [9.17, 15) is 9.90 Å². The Labute approximate surface area is 86.6 Å². The van der Waals surface area contributed by atoms with Gasteiger partial charge in [-0.15, -0.1) is 11.6 Å². The molecule has 0 heterocycles. The van der Waals surface area contributed by atoms with Crippen molar-refractivity contribution in [2.24, 2.45) is 0 Å². The van der Waals surface area contributed by atoms with E-state index in [4.69, 9.17) is 16.3 Å². The predicted molar refractivity (Wildman–Crippen MR) is 54.6 cm³/mol. The van der Waals surface area contributed by atoms with Crippen molar-refractivity contribution >= 4 is 23.6 Å². The third-order valence-corrected chi connectivity index (χ3v) is 1.77. The van der Waals surface area contributed by atoms with E-state index < -0.39 is 5.97 Å². The fraction of sp³-hybridized carbons (Fsp3) is 0.100. The van der Waals surface area contributed by atoms with Crippen LogP contribution in [0.15, 0.2) is 24.8 Å². The molecule has 0 radical (unpaired) electrons. The van der Waals surface area contributed by atoms with Crippen molar-refractivity contribution in [1.82, 2.24) is 0 Å². The second-order valence-electron chi connectivity index (χ2n) is 2.54. The maximum atomic E-state index is 10.8. The van der Waals surface area contributed by atoms with Crippen molar-refractivity contribution in [1.29, 1.82) is 0 Å². The summed E-state index contributed by atoms with van der Waals surface area (Å²) in [7, 11) is 0. The van der Waals surface area contributed by atoms with Crippen molar-refractivity contribution in [2.75, 3.05) is 5.88 Å². The molecule has 0 saturated carbocycles. The summed E-state index contributed by atoms with van der Waals surface area (Å²) in [4.78, 5) is 10.8. The van der Waals surface area contributed by atoms with Crippen molar-refractivity contribution in [3.8, 4) is 11.5 Å². The highest BCUT2D eigenvalue weighted by atomic mass is 35.5. The molecule has 1 N–H and O–H groups in total. The Hall–Kier alpha value is -1.48. The third-order valence-electron chi connectivity index (χ3n) is 1.55. The average Bonchev–Trinajstić information content (AvgIpc) is 2.20. The van der Waals surface area contributed by atoms with E-state index in [0.717, 1.165) is 5.56 Å². The number of phenolic OH excluding ortho intramolecular Hbond substituents is 1. The monoisotopic (exact) mass is 212 g/mol. The normalized spacial score (nSPS) is 9.50. The summed E-state index contributed by atoms with van der Waals surface area (Å²) in [6, 6.07) is 4.60. The fourth-order valence-corrected chi connectivity index (χ4v) is 0.952. The number of alkyl halides is 1. The molecule has 0 aliphatic rings. The van der Waals surface area contributed by atoms with Crippen LogP contribution >= 0.6 is 11.6 Å². The summed E-state index contributed by atoms with van der Waals surface area (Å²) in [5, 5.41) is 9.40. The van der Waals surface area contributed by atoms with Gasteiger partial charge in [0, 0.05) is 0 Å². The number of benzene rings is 1. The predicted octanol–water partition coefficient (Wildman–Crippen LogP) is 2.18. The molecular formula is C10H9ClO3. The fourth-order valence-electron chi connectivity index (χ4n) is 0.898. The van der Waals surface area contributed by atoms with Gasteiger partial charge in [-0.1, -0.05) is 18.7 Å². The standard InChI is InChI=1S/C10H9ClO3/c1-2-7-3-4-9(8(12)5-7)14-10(13)6-11/h2-5,12H,1,6H2. The van der Waals surface area contributed by atoms with Gasteiger partial charge < -0.3 is 9.84 Å². The maximum absolute atomic E-state index is 10.8. The second-order valence-corrected chi connectivity index (χ2v) is 2.81. The summed E-state index contributed by atoms with van der Waals surface area (Å²) < 4.78 is 4.74. The van der Waals surface area contributed by atoms with Gasteiger partial charge in [0.2, 0.25) is 0 Å². The van der Waals surface area contributed by atoms with Crippen LogP contribution < -0.4 is 4.74 Å². The molecule has 1 rings (SSSR count). The second kappa shape index (κ2) is 4.67. The molecule has 0 amide bonds.